The Labute approximate surface area is 257 Å². The van der Waals surface area contributed by atoms with Gasteiger partial charge >= 0.3 is 99.2 Å². The quantitative estimate of drug-likeness (QED) is 0.177. The summed E-state index contributed by atoms with van der Waals surface area (Å²) in [5, 5.41) is 0. The topological polar surface area (TPSA) is 0 Å². The maximum atomic E-state index is 3.53. The van der Waals surface area contributed by atoms with Crippen molar-refractivity contribution in [2.24, 2.45) is 0 Å². The van der Waals surface area contributed by atoms with E-state index in [1.807, 2.05) is 12.2 Å². The number of hydrogen-bond donors (Lipinski definition) is 0. The van der Waals surface area contributed by atoms with Crippen molar-refractivity contribution in [3.8, 4) is 11.1 Å². The van der Waals surface area contributed by atoms with Crippen molar-refractivity contribution in [3.05, 3.63) is 155 Å². The molecule has 0 saturated carbocycles. The molecule has 2 aliphatic carbocycles. The zero-order valence-corrected chi connectivity index (χ0v) is 27.3. The predicted octanol–water partition coefficient (Wildman–Crippen LogP) is 9.76. The van der Waals surface area contributed by atoms with E-state index in [0.717, 1.165) is 12.8 Å². The molecule has 6 rings (SSSR count). The van der Waals surface area contributed by atoms with Gasteiger partial charge in [0, 0.05) is 0 Å². The van der Waals surface area contributed by atoms with E-state index in [9.17, 15) is 0 Å². The second-order valence-corrected chi connectivity index (χ2v) is 13.7. The Morgan fingerprint density at radius 2 is 1.27 bits per heavy atom. The molecule has 0 aliphatic heterocycles. The third kappa shape index (κ3) is 7.86. The van der Waals surface area contributed by atoms with E-state index in [1.54, 1.807) is 0 Å². The molecule has 4 aromatic rings. The van der Waals surface area contributed by atoms with Crippen LogP contribution in [0.3, 0.4) is 0 Å². The van der Waals surface area contributed by atoms with Gasteiger partial charge in [0.05, 0.1) is 0 Å². The maximum absolute atomic E-state index is 3.53. The zero-order valence-electron chi connectivity index (χ0n) is 24.8. The Bertz CT molecular complexity index is 1380. The molecule has 0 atom stereocenters. The minimum atomic E-state index is 0.177. The monoisotopic (exact) mass is 598 g/mol. The Morgan fingerprint density at radius 3 is 1.75 bits per heavy atom. The SMILES string of the molecule is CC(C)(C)c1c[c-]c2c(c1)-c1cc(C(C)(C)C)ccc1C2.[C-]1=CC=CC1.[Zr+2]=[C](c1ccccc1)c1ccccc1. The van der Waals surface area contributed by atoms with Crippen molar-refractivity contribution in [3.63, 3.8) is 0 Å². The van der Waals surface area contributed by atoms with Gasteiger partial charge in [-0.1, -0.05) is 76.3 Å². The van der Waals surface area contributed by atoms with Crippen LogP contribution in [0, 0.1) is 12.1 Å². The molecule has 1 heteroatoms. The Hall–Kier alpha value is -2.89. The fraction of sp³-hybridized carbons (Fsp3) is 0.256. The zero-order chi connectivity index (χ0) is 28.8. The molecule has 40 heavy (non-hydrogen) atoms. The van der Waals surface area contributed by atoms with Crippen molar-refractivity contribution in [1.82, 2.24) is 0 Å². The first-order valence-corrected chi connectivity index (χ1v) is 15.4. The van der Waals surface area contributed by atoms with Gasteiger partial charge in [-0.25, -0.2) is 12.2 Å². The van der Waals surface area contributed by atoms with Crippen LogP contribution in [-0.4, -0.2) is 3.21 Å². The van der Waals surface area contributed by atoms with Gasteiger partial charge in [-0.2, -0.15) is 35.4 Å². The summed E-state index contributed by atoms with van der Waals surface area (Å²) >= 11 is 1.46. The molecule has 0 heterocycles. The van der Waals surface area contributed by atoms with E-state index in [4.69, 9.17) is 0 Å². The number of rotatable bonds is 2. The van der Waals surface area contributed by atoms with E-state index in [2.05, 4.69) is 151 Å². The van der Waals surface area contributed by atoms with Crippen molar-refractivity contribution < 1.29 is 24.2 Å². The third-order valence-electron chi connectivity index (χ3n) is 7.24. The van der Waals surface area contributed by atoms with Gasteiger partial charge in [-0.3, -0.25) is 6.08 Å². The first-order chi connectivity index (χ1) is 19.0. The number of hydrogen-bond acceptors (Lipinski definition) is 0. The van der Waals surface area contributed by atoms with E-state index < -0.39 is 0 Å². The number of benzene rings is 4. The molecule has 0 saturated heterocycles. The molecule has 0 bridgehead atoms. The van der Waals surface area contributed by atoms with Gasteiger partial charge in [0.15, 0.2) is 0 Å². The average Bonchev–Trinajstić information content (AvgIpc) is 3.64. The van der Waals surface area contributed by atoms with Gasteiger partial charge in [-0.05, 0) is 17.4 Å². The van der Waals surface area contributed by atoms with Crippen LogP contribution >= 0.6 is 0 Å². The molecule has 0 aromatic heterocycles. The molecule has 0 unspecified atom stereocenters. The second kappa shape index (κ2) is 13.2. The summed E-state index contributed by atoms with van der Waals surface area (Å²) in [6.45, 7) is 13.6. The standard InChI is InChI=1S/C21H25.C13H10.C5H5.Zr/c1-20(2,3)16-9-7-14-11-15-8-10-17(21(4,5)6)13-19(15)18(14)12-16;1-3-7-12(8-4-1)11-13-9-5-2-6-10-13;1-2-4-5-3-1;/h7,9-10,12-13H,11H2,1-6H3;1-10H;1-3H,4H2;/q-1;;-1;+2. The minimum absolute atomic E-state index is 0.177. The predicted molar refractivity (Wildman–Crippen MR) is 169 cm³/mol. The van der Waals surface area contributed by atoms with Crippen LogP contribution in [0.25, 0.3) is 11.1 Å². The van der Waals surface area contributed by atoms with E-state index in [0.29, 0.717) is 0 Å². The second-order valence-electron chi connectivity index (χ2n) is 12.4. The van der Waals surface area contributed by atoms with Crippen LogP contribution in [0.2, 0.25) is 0 Å². The van der Waals surface area contributed by atoms with Gasteiger partial charge in [0.2, 0.25) is 0 Å². The molecule has 0 N–H and O–H groups in total. The van der Waals surface area contributed by atoms with Crippen LogP contribution in [-0.2, 0) is 41.5 Å². The van der Waals surface area contributed by atoms with Gasteiger partial charge < -0.3 is 0 Å². The van der Waals surface area contributed by atoms with E-state index in [1.165, 1.54) is 71.9 Å². The first kappa shape index (κ1) is 30.1. The summed E-state index contributed by atoms with van der Waals surface area (Å²) in [4.78, 5) is 0. The van der Waals surface area contributed by atoms with E-state index in [-0.39, 0.29) is 10.8 Å². The number of fused-ring (bicyclic) bond motifs is 3. The molecule has 0 amide bonds. The van der Waals surface area contributed by atoms with Gasteiger partial charge in [-0.15, -0.1) is 12.0 Å². The van der Waals surface area contributed by atoms with Crippen molar-refractivity contribution >= 4 is 3.21 Å². The van der Waals surface area contributed by atoms with Crippen LogP contribution in [0.1, 0.15) is 81.3 Å². The molecule has 0 spiro atoms. The molecule has 4 aromatic carbocycles. The summed E-state index contributed by atoms with van der Waals surface area (Å²) < 4.78 is 1.42. The first-order valence-electron chi connectivity index (χ1n) is 14.1. The fourth-order valence-corrected chi connectivity index (χ4v) is 5.52. The average molecular weight is 600 g/mol. The molecular weight excluding hydrogens is 560 g/mol. The molecule has 200 valence electrons. The Balaban J connectivity index is 0.000000166. The van der Waals surface area contributed by atoms with Crippen LogP contribution in [0.15, 0.2) is 109 Å². The summed E-state index contributed by atoms with van der Waals surface area (Å²) in [6.07, 6.45) is 11.0. The third-order valence-corrected chi connectivity index (χ3v) is 8.66. The van der Waals surface area contributed by atoms with Crippen molar-refractivity contribution in [2.45, 2.75) is 65.2 Å². The molecule has 0 fully saturated rings. The van der Waals surface area contributed by atoms with E-state index >= 15 is 0 Å². The molecule has 0 nitrogen and oxygen atoms in total. The Kier molecular flexibility index (Phi) is 9.91. The fourth-order valence-electron chi connectivity index (χ4n) is 4.70. The van der Waals surface area contributed by atoms with Gasteiger partial charge in [0.1, 0.15) is 0 Å². The van der Waals surface area contributed by atoms with Crippen molar-refractivity contribution in [1.29, 1.82) is 0 Å². The summed E-state index contributed by atoms with van der Waals surface area (Å²) in [7, 11) is 0. The number of allylic oxidation sites excluding steroid dienone is 4. The molecular formula is C39H40Zr. The van der Waals surface area contributed by atoms with Gasteiger partial charge in [0.25, 0.3) is 0 Å². The summed E-state index contributed by atoms with van der Waals surface area (Å²) in [5.41, 5.74) is 11.4. The Morgan fingerprint density at radius 1 is 0.700 bits per heavy atom. The van der Waals surface area contributed by atoms with Crippen LogP contribution < -0.4 is 0 Å². The molecule has 2 aliphatic rings. The molecule has 0 radical (unpaired) electrons. The summed E-state index contributed by atoms with van der Waals surface area (Å²) in [6, 6.07) is 36.2. The summed E-state index contributed by atoms with van der Waals surface area (Å²) in [5.74, 6) is 0. The van der Waals surface area contributed by atoms with Crippen LogP contribution in [0.4, 0.5) is 0 Å². The van der Waals surface area contributed by atoms with Crippen molar-refractivity contribution in [2.75, 3.05) is 0 Å². The van der Waals surface area contributed by atoms with Crippen LogP contribution in [0.5, 0.6) is 0 Å². The normalized spacial score (nSPS) is 13.0.